The molecule has 0 radical (unpaired) electrons. The maximum absolute atomic E-state index is 12.5. The number of hydrogen-bond donors (Lipinski definition) is 1. The quantitative estimate of drug-likeness (QED) is 0.532. The Balaban J connectivity index is 1.70. The van der Waals surface area contributed by atoms with Crippen molar-refractivity contribution in [2.24, 2.45) is 0 Å². The van der Waals surface area contributed by atoms with E-state index in [9.17, 15) is 9.59 Å². The van der Waals surface area contributed by atoms with Crippen molar-refractivity contribution in [3.8, 4) is 5.75 Å². The van der Waals surface area contributed by atoms with E-state index >= 15 is 0 Å². The summed E-state index contributed by atoms with van der Waals surface area (Å²) in [6.45, 7) is 1.91. The molecule has 0 spiro atoms. The van der Waals surface area contributed by atoms with Crippen LogP contribution < -0.4 is 10.1 Å². The number of carbonyl (C=O) groups is 2. The molecule has 0 aliphatic heterocycles. The van der Waals surface area contributed by atoms with Gasteiger partial charge in [0.25, 0.3) is 0 Å². The number of rotatable bonds is 6. The van der Waals surface area contributed by atoms with E-state index in [4.69, 9.17) is 4.74 Å². The summed E-state index contributed by atoms with van der Waals surface area (Å²) in [5, 5.41) is 2.73. The predicted molar refractivity (Wildman–Crippen MR) is 105 cm³/mol. The highest BCUT2D eigenvalue weighted by Crippen LogP contribution is 2.22. The van der Waals surface area contributed by atoms with Gasteiger partial charge in [-0.15, -0.1) is 0 Å². The van der Waals surface area contributed by atoms with Crippen molar-refractivity contribution in [2.45, 2.75) is 19.9 Å². The molecule has 0 aliphatic rings. The molecule has 1 N–H and O–H groups in total. The first-order valence-electron chi connectivity index (χ1n) is 8.79. The summed E-state index contributed by atoms with van der Waals surface area (Å²) in [5.41, 5.74) is 3.50. The van der Waals surface area contributed by atoms with Crippen LogP contribution in [-0.2, 0) is 17.8 Å². The zero-order chi connectivity index (χ0) is 19.1. The number of amides is 1. The van der Waals surface area contributed by atoms with Crippen LogP contribution in [0.4, 0.5) is 0 Å². The zero-order valence-electron chi connectivity index (χ0n) is 15.1. The highest BCUT2D eigenvalue weighted by Gasteiger charge is 2.12. The van der Waals surface area contributed by atoms with Gasteiger partial charge in [-0.05, 0) is 34.9 Å². The summed E-state index contributed by atoms with van der Waals surface area (Å²) < 4.78 is 5.63. The van der Waals surface area contributed by atoms with E-state index in [0.717, 1.165) is 16.7 Å². The highest BCUT2D eigenvalue weighted by molar-refractivity contribution is 5.91. The van der Waals surface area contributed by atoms with Crippen LogP contribution in [-0.4, -0.2) is 11.9 Å². The lowest BCUT2D eigenvalue weighted by molar-refractivity contribution is -0.119. The smallest absolute Gasteiger partial charge is 0.343 e. The molecule has 0 atom stereocenters. The third kappa shape index (κ3) is 5.28. The highest BCUT2D eigenvalue weighted by atomic mass is 16.5. The number of benzene rings is 3. The Morgan fingerprint density at radius 2 is 1.48 bits per heavy atom. The van der Waals surface area contributed by atoms with Crippen LogP contribution in [0.15, 0.2) is 78.9 Å². The van der Waals surface area contributed by atoms with Crippen LogP contribution in [0.25, 0.3) is 0 Å². The maximum atomic E-state index is 12.5. The lowest BCUT2D eigenvalue weighted by Crippen LogP contribution is -2.19. The minimum atomic E-state index is -0.401. The van der Waals surface area contributed by atoms with Gasteiger partial charge in [0.15, 0.2) is 0 Å². The third-order valence-electron chi connectivity index (χ3n) is 4.14. The van der Waals surface area contributed by atoms with E-state index in [0.29, 0.717) is 24.3 Å². The Bertz CT molecular complexity index is 918. The zero-order valence-corrected chi connectivity index (χ0v) is 15.1. The second kappa shape index (κ2) is 8.81. The van der Waals surface area contributed by atoms with Crippen molar-refractivity contribution >= 4 is 11.9 Å². The fourth-order valence-electron chi connectivity index (χ4n) is 2.71. The fraction of sp³-hybridized carbons (Fsp3) is 0.130. The topological polar surface area (TPSA) is 55.4 Å². The van der Waals surface area contributed by atoms with E-state index in [-0.39, 0.29) is 5.91 Å². The molecule has 3 rings (SSSR count). The number of nitrogens with one attached hydrogen (secondary N) is 1. The van der Waals surface area contributed by atoms with Gasteiger partial charge in [0.05, 0.1) is 5.56 Å². The van der Waals surface area contributed by atoms with Crippen LogP contribution >= 0.6 is 0 Å². The van der Waals surface area contributed by atoms with E-state index in [1.165, 1.54) is 6.92 Å². The lowest BCUT2D eigenvalue weighted by Gasteiger charge is -2.11. The second-order valence-electron chi connectivity index (χ2n) is 6.27. The summed E-state index contributed by atoms with van der Waals surface area (Å²) in [7, 11) is 0. The van der Waals surface area contributed by atoms with Crippen molar-refractivity contribution < 1.29 is 14.3 Å². The van der Waals surface area contributed by atoms with E-state index < -0.39 is 5.97 Å². The standard InChI is InChI=1S/C23H21NO3/c1-17(25)24-16-19-11-13-20(14-12-19)23(26)27-22-10-6-5-9-21(22)15-18-7-3-2-4-8-18/h2-14H,15-16H2,1H3,(H,24,25). The average Bonchev–Trinajstić information content (AvgIpc) is 2.69. The van der Waals surface area contributed by atoms with Gasteiger partial charge in [0.2, 0.25) is 5.91 Å². The van der Waals surface area contributed by atoms with Gasteiger partial charge < -0.3 is 10.1 Å². The van der Waals surface area contributed by atoms with Crippen LogP contribution in [0, 0.1) is 0 Å². The van der Waals surface area contributed by atoms with Crippen LogP contribution in [0.3, 0.4) is 0 Å². The Morgan fingerprint density at radius 1 is 0.815 bits per heavy atom. The molecule has 3 aromatic rings. The molecule has 27 heavy (non-hydrogen) atoms. The molecule has 3 aromatic carbocycles. The molecule has 0 saturated carbocycles. The molecular formula is C23H21NO3. The van der Waals surface area contributed by atoms with Gasteiger partial charge in [0, 0.05) is 19.9 Å². The Morgan fingerprint density at radius 3 is 2.19 bits per heavy atom. The van der Waals surface area contributed by atoms with Crippen LogP contribution in [0.1, 0.15) is 34.0 Å². The van der Waals surface area contributed by atoms with Gasteiger partial charge in [-0.2, -0.15) is 0 Å². The second-order valence-corrected chi connectivity index (χ2v) is 6.27. The van der Waals surface area contributed by atoms with Crippen molar-refractivity contribution in [3.05, 3.63) is 101 Å². The van der Waals surface area contributed by atoms with E-state index in [1.807, 2.05) is 60.7 Å². The molecule has 4 nitrogen and oxygen atoms in total. The minimum Gasteiger partial charge on any atom is -0.423 e. The number of esters is 1. The summed E-state index contributed by atoms with van der Waals surface area (Å²) in [6.07, 6.45) is 0.694. The van der Waals surface area contributed by atoms with Gasteiger partial charge in [-0.1, -0.05) is 60.7 Å². The largest absolute Gasteiger partial charge is 0.423 e. The van der Waals surface area contributed by atoms with Gasteiger partial charge in [0.1, 0.15) is 5.75 Å². The first-order chi connectivity index (χ1) is 13.1. The van der Waals surface area contributed by atoms with E-state index in [1.54, 1.807) is 18.2 Å². The summed E-state index contributed by atoms with van der Waals surface area (Å²) >= 11 is 0. The molecule has 0 fully saturated rings. The van der Waals surface area contributed by atoms with Crippen molar-refractivity contribution in [1.82, 2.24) is 5.32 Å². The first kappa shape index (κ1) is 18.4. The number of para-hydroxylation sites is 1. The number of ether oxygens (including phenoxy) is 1. The van der Waals surface area contributed by atoms with Crippen LogP contribution in [0.5, 0.6) is 5.75 Å². The number of hydrogen-bond acceptors (Lipinski definition) is 3. The van der Waals surface area contributed by atoms with Crippen molar-refractivity contribution in [3.63, 3.8) is 0 Å². The van der Waals surface area contributed by atoms with Gasteiger partial charge in [-0.25, -0.2) is 4.79 Å². The van der Waals surface area contributed by atoms with Gasteiger partial charge >= 0.3 is 5.97 Å². The molecule has 0 heterocycles. The summed E-state index contributed by atoms with van der Waals surface area (Å²) in [6, 6.07) is 24.7. The predicted octanol–water partition coefficient (Wildman–Crippen LogP) is 4.13. The molecule has 4 heteroatoms. The number of carbonyl (C=O) groups excluding carboxylic acids is 2. The fourth-order valence-corrected chi connectivity index (χ4v) is 2.71. The maximum Gasteiger partial charge on any atom is 0.343 e. The monoisotopic (exact) mass is 359 g/mol. The summed E-state index contributed by atoms with van der Waals surface area (Å²) in [4.78, 5) is 23.5. The van der Waals surface area contributed by atoms with E-state index in [2.05, 4.69) is 5.32 Å². The van der Waals surface area contributed by atoms with Crippen molar-refractivity contribution in [2.75, 3.05) is 0 Å². The SMILES string of the molecule is CC(=O)NCc1ccc(C(=O)Oc2ccccc2Cc2ccccc2)cc1. The molecule has 136 valence electrons. The Labute approximate surface area is 158 Å². The first-order valence-corrected chi connectivity index (χ1v) is 8.79. The molecule has 0 aromatic heterocycles. The Kier molecular flexibility index (Phi) is 6.00. The van der Waals surface area contributed by atoms with Crippen LogP contribution in [0.2, 0.25) is 0 Å². The average molecular weight is 359 g/mol. The molecule has 0 saturated heterocycles. The Hall–Kier alpha value is -3.40. The normalized spacial score (nSPS) is 10.3. The molecule has 0 unspecified atom stereocenters. The molecule has 1 amide bonds. The summed E-state index contributed by atoms with van der Waals surface area (Å²) in [5.74, 6) is 0.0729. The minimum absolute atomic E-state index is 0.0893. The van der Waals surface area contributed by atoms with Crippen molar-refractivity contribution in [1.29, 1.82) is 0 Å². The molecule has 0 aliphatic carbocycles. The van der Waals surface area contributed by atoms with Gasteiger partial charge in [-0.3, -0.25) is 4.79 Å². The molecule has 0 bridgehead atoms. The molecular weight excluding hydrogens is 338 g/mol. The lowest BCUT2D eigenvalue weighted by atomic mass is 10.0. The third-order valence-corrected chi connectivity index (χ3v) is 4.14.